The summed E-state index contributed by atoms with van der Waals surface area (Å²) in [5, 5.41) is 3.26. The monoisotopic (exact) mass is 255 g/mol. The van der Waals surface area contributed by atoms with Gasteiger partial charge in [0.1, 0.15) is 5.75 Å². The fourth-order valence-corrected chi connectivity index (χ4v) is 2.19. The highest BCUT2D eigenvalue weighted by atomic mass is 16.5. The summed E-state index contributed by atoms with van der Waals surface area (Å²) in [6.07, 6.45) is 1.01. The minimum atomic E-state index is 0.495. The van der Waals surface area contributed by atoms with Gasteiger partial charge < -0.3 is 10.1 Å². The van der Waals surface area contributed by atoms with E-state index in [9.17, 15) is 0 Å². The van der Waals surface area contributed by atoms with E-state index in [4.69, 9.17) is 4.74 Å². The lowest BCUT2D eigenvalue weighted by Crippen LogP contribution is -2.19. The number of nitrogens with one attached hydrogen (secondary N) is 1. The van der Waals surface area contributed by atoms with Gasteiger partial charge in [-0.1, -0.05) is 48.5 Å². The van der Waals surface area contributed by atoms with Crippen LogP contribution < -0.4 is 10.1 Å². The van der Waals surface area contributed by atoms with Gasteiger partial charge in [-0.05, 0) is 37.1 Å². The van der Waals surface area contributed by atoms with E-state index in [0.29, 0.717) is 5.92 Å². The van der Waals surface area contributed by atoms with Gasteiger partial charge in [0, 0.05) is 6.54 Å². The highest BCUT2D eigenvalue weighted by Gasteiger charge is 2.10. The average molecular weight is 255 g/mol. The summed E-state index contributed by atoms with van der Waals surface area (Å²) in [7, 11) is 1.99. The van der Waals surface area contributed by atoms with E-state index in [1.165, 1.54) is 5.56 Å². The molecule has 0 saturated heterocycles. The number of likely N-dealkylation sites (N-methyl/N-ethyl adjacent to an activating group) is 1. The number of hydrogen-bond donors (Lipinski definition) is 1. The van der Waals surface area contributed by atoms with Crippen LogP contribution in [0, 0.1) is 0 Å². The fraction of sp³-hybridized carbons (Fsp3) is 0.294. The molecule has 2 rings (SSSR count). The molecule has 1 N–H and O–H groups in total. The summed E-state index contributed by atoms with van der Waals surface area (Å²) in [5.74, 6) is 1.44. The molecule has 0 amide bonds. The van der Waals surface area contributed by atoms with Crippen molar-refractivity contribution < 1.29 is 4.74 Å². The van der Waals surface area contributed by atoms with Gasteiger partial charge >= 0.3 is 0 Å². The second-order valence-electron chi connectivity index (χ2n) is 4.62. The van der Waals surface area contributed by atoms with Crippen LogP contribution in [0.15, 0.2) is 60.7 Å². The van der Waals surface area contributed by atoms with Crippen LogP contribution in [0.2, 0.25) is 0 Å². The van der Waals surface area contributed by atoms with Crippen molar-refractivity contribution in [3.8, 4) is 5.75 Å². The molecule has 2 aromatic rings. The molecule has 0 fully saturated rings. The second kappa shape index (κ2) is 7.59. The summed E-state index contributed by atoms with van der Waals surface area (Å²) in [6, 6.07) is 20.6. The third kappa shape index (κ3) is 4.42. The molecule has 0 aliphatic rings. The first-order chi connectivity index (χ1) is 9.40. The van der Waals surface area contributed by atoms with E-state index in [0.717, 1.165) is 25.3 Å². The Morgan fingerprint density at radius 3 is 2.21 bits per heavy atom. The second-order valence-corrected chi connectivity index (χ2v) is 4.62. The first-order valence-corrected chi connectivity index (χ1v) is 6.77. The molecule has 0 radical (unpaired) electrons. The largest absolute Gasteiger partial charge is 0.494 e. The highest BCUT2D eigenvalue weighted by molar-refractivity contribution is 5.22. The van der Waals surface area contributed by atoms with E-state index in [1.54, 1.807) is 0 Å². The van der Waals surface area contributed by atoms with E-state index >= 15 is 0 Å². The van der Waals surface area contributed by atoms with Gasteiger partial charge in [0.05, 0.1) is 6.61 Å². The van der Waals surface area contributed by atoms with Crippen LogP contribution in [0.5, 0.6) is 5.75 Å². The van der Waals surface area contributed by atoms with Crippen LogP contribution >= 0.6 is 0 Å². The van der Waals surface area contributed by atoms with Crippen molar-refractivity contribution >= 4 is 0 Å². The van der Waals surface area contributed by atoms with Crippen molar-refractivity contribution in [1.82, 2.24) is 5.32 Å². The molecule has 0 heterocycles. The van der Waals surface area contributed by atoms with Gasteiger partial charge in [-0.3, -0.25) is 0 Å². The Hall–Kier alpha value is -1.80. The maximum absolute atomic E-state index is 5.78. The Morgan fingerprint density at radius 1 is 0.947 bits per heavy atom. The molecule has 0 saturated carbocycles. The van der Waals surface area contributed by atoms with Crippen LogP contribution in [-0.2, 0) is 0 Å². The Morgan fingerprint density at radius 2 is 1.58 bits per heavy atom. The Balaban J connectivity index is 1.87. The van der Waals surface area contributed by atoms with Crippen molar-refractivity contribution in [3.05, 3.63) is 66.2 Å². The summed E-state index contributed by atoms with van der Waals surface area (Å²) in [6.45, 7) is 1.72. The van der Waals surface area contributed by atoms with Gasteiger partial charge in [-0.2, -0.15) is 0 Å². The van der Waals surface area contributed by atoms with Crippen molar-refractivity contribution in [2.45, 2.75) is 12.3 Å². The molecule has 0 aliphatic carbocycles. The molecule has 2 heteroatoms. The number of ether oxygens (including phenoxy) is 1. The number of benzene rings is 2. The van der Waals surface area contributed by atoms with E-state index in [-0.39, 0.29) is 0 Å². The summed E-state index contributed by atoms with van der Waals surface area (Å²) < 4.78 is 5.78. The van der Waals surface area contributed by atoms with Crippen LogP contribution in [-0.4, -0.2) is 20.2 Å². The molecule has 0 bridgehead atoms. The summed E-state index contributed by atoms with van der Waals surface area (Å²) >= 11 is 0. The van der Waals surface area contributed by atoms with Gasteiger partial charge in [-0.25, -0.2) is 0 Å². The Kier molecular flexibility index (Phi) is 5.45. The van der Waals surface area contributed by atoms with Gasteiger partial charge in [-0.15, -0.1) is 0 Å². The lowest BCUT2D eigenvalue weighted by atomic mass is 9.96. The maximum atomic E-state index is 5.78. The lowest BCUT2D eigenvalue weighted by molar-refractivity contribution is 0.296. The van der Waals surface area contributed by atoms with Crippen LogP contribution in [0.25, 0.3) is 0 Å². The average Bonchev–Trinajstić information content (AvgIpc) is 2.48. The quantitative estimate of drug-likeness (QED) is 0.818. The van der Waals surface area contributed by atoms with Crippen LogP contribution in [0.4, 0.5) is 0 Å². The predicted molar refractivity (Wildman–Crippen MR) is 79.7 cm³/mol. The predicted octanol–water partition coefficient (Wildman–Crippen LogP) is 3.46. The number of hydrogen-bond acceptors (Lipinski definition) is 2. The number of rotatable bonds is 7. The highest BCUT2D eigenvalue weighted by Crippen LogP contribution is 2.19. The Bertz CT molecular complexity index is 455. The van der Waals surface area contributed by atoms with Crippen LogP contribution in [0.1, 0.15) is 17.9 Å². The van der Waals surface area contributed by atoms with Crippen molar-refractivity contribution in [2.24, 2.45) is 0 Å². The smallest absolute Gasteiger partial charge is 0.119 e. The number of para-hydroxylation sites is 1. The normalized spacial score (nSPS) is 12.1. The molecule has 19 heavy (non-hydrogen) atoms. The van der Waals surface area contributed by atoms with Gasteiger partial charge in [0.25, 0.3) is 0 Å². The van der Waals surface area contributed by atoms with Crippen molar-refractivity contribution in [3.63, 3.8) is 0 Å². The molecule has 2 nitrogen and oxygen atoms in total. The van der Waals surface area contributed by atoms with E-state index in [1.807, 2.05) is 37.4 Å². The third-order valence-corrected chi connectivity index (χ3v) is 3.20. The van der Waals surface area contributed by atoms with Gasteiger partial charge in [0.15, 0.2) is 0 Å². The zero-order chi connectivity index (χ0) is 13.3. The molecule has 0 aromatic heterocycles. The summed E-state index contributed by atoms with van der Waals surface area (Å²) in [5.41, 5.74) is 1.37. The topological polar surface area (TPSA) is 21.3 Å². The molecule has 1 unspecified atom stereocenters. The Labute approximate surface area is 115 Å². The third-order valence-electron chi connectivity index (χ3n) is 3.20. The minimum absolute atomic E-state index is 0.495. The van der Waals surface area contributed by atoms with Crippen molar-refractivity contribution in [1.29, 1.82) is 0 Å². The van der Waals surface area contributed by atoms with Crippen LogP contribution in [0.3, 0.4) is 0 Å². The van der Waals surface area contributed by atoms with Gasteiger partial charge in [0.2, 0.25) is 0 Å². The molecule has 0 spiro atoms. The molecular weight excluding hydrogens is 234 g/mol. The SMILES string of the molecule is CNCC(CCOc1ccccc1)c1ccccc1. The molecule has 0 aliphatic heterocycles. The molecule has 1 atom stereocenters. The zero-order valence-electron chi connectivity index (χ0n) is 11.4. The standard InChI is InChI=1S/C17H21NO/c1-18-14-16(15-8-4-2-5-9-15)12-13-19-17-10-6-3-7-11-17/h2-11,16,18H,12-14H2,1H3. The molecule has 2 aromatic carbocycles. The lowest BCUT2D eigenvalue weighted by Gasteiger charge is -2.17. The fourth-order valence-electron chi connectivity index (χ4n) is 2.19. The van der Waals surface area contributed by atoms with Crippen molar-refractivity contribution in [2.75, 3.05) is 20.2 Å². The molecular formula is C17H21NO. The minimum Gasteiger partial charge on any atom is -0.494 e. The first kappa shape index (κ1) is 13.6. The maximum Gasteiger partial charge on any atom is 0.119 e. The van der Waals surface area contributed by atoms with E-state index < -0.39 is 0 Å². The van der Waals surface area contributed by atoms with E-state index in [2.05, 4.69) is 35.6 Å². The summed E-state index contributed by atoms with van der Waals surface area (Å²) in [4.78, 5) is 0. The first-order valence-electron chi connectivity index (χ1n) is 6.77. The molecule has 100 valence electrons. The zero-order valence-corrected chi connectivity index (χ0v) is 11.4.